The average molecular weight is 1540 g/mol. The summed E-state index contributed by atoms with van der Waals surface area (Å²) < 4.78 is 68.3. The molecule has 0 bridgehead atoms. The van der Waals surface area contributed by atoms with Gasteiger partial charge < -0.3 is 33.8 Å². The molecule has 0 rings (SSSR count). The molecule has 19 heteroatoms. The summed E-state index contributed by atoms with van der Waals surface area (Å²) >= 11 is 0. The van der Waals surface area contributed by atoms with Crippen LogP contribution in [0.15, 0.2) is 231 Å². The summed E-state index contributed by atoms with van der Waals surface area (Å²) in [4.78, 5) is 73.0. The number of aliphatic hydroxyl groups is 1. The van der Waals surface area contributed by atoms with Crippen LogP contribution in [0.25, 0.3) is 0 Å². The second kappa shape index (κ2) is 78.2. The first-order chi connectivity index (χ1) is 52.7. The lowest BCUT2D eigenvalue weighted by Crippen LogP contribution is -2.30. The quantitative estimate of drug-likeness (QED) is 0.0169. The molecule has 0 aliphatic carbocycles. The van der Waals surface area contributed by atoms with Crippen molar-refractivity contribution in [1.82, 2.24) is 0 Å². The SMILES string of the molecule is CC/C=C\C/C=C\C/C=C\C/C=C\C/C=C\C/C=C\CCC(=O)OCC(COP(=O)(O)OCC(O)COP(=O)(O)OCC(COC(=O)CCCCCCCC/C=C\C/C=C\C/C=C\C/C=C\CC)OC(=O)C/C=C\C/C=C\C/C=C\C/C=C\C/C=C\CC)OC(=O)CCCC/C=C\C/C=C\C/C=C\C/C=C\CC. The first kappa shape index (κ1) is 101. The van der Waals surface area contributed by atoms with Gasteiger partial charge in [-0.05, 0) is 167 Å². The van der Waals surface area contributed by atoms with E-state index < -0.39 is 97.5 Å². The molecule has 0 amide bonds. The number of hydrogen-bond acceptors (Lipinski definition) is 15. The predicted molar refractivity (Wildman–Crippen MR) is 444 cm³/mol. The van der Waals surface area contributed by atoms with E-state index in [1.165, 1.54) is 0 Å². The lowest BCUT2D eigenvalue weighted by atomic mass is 10.1. The minimum atomic E-state index is -5.03. The van der Waals surface area contributed by atoms with Gasteiger partial charge in [0.2, 0.25) is 0 Å². The second-order valence-corrected chi connectivity index (χ2v) is 28.0. The fourth-order valence-corrected chi connectivity index (χ4v) is 10.9. The molecule has 0 fully saturated rings. The monoisotopic (exact) mass is 1540 g/mol. The van der Waals surface area contributed by atoms with Crippen molar-refractivity contribution in [1.29, 1.82) is 0 Å². The molecule has 108 heavy (non-hydrogen) atoms. The molecule has 0 aliphatic heterocycles. The highest BCUT2D eigenvalue weighted by atomic mass is 31.2. The van der Waals surface area contributed by atoms with Crippen molar-refractivity contribution in [3.63, 3.8) is 0 Å². The van der Waals surface area contributed by atoms with Gasteiger partial charge in [0, 0.05) is 19.3 Å². The topological polar surface area (TPSA) is 237 Å². The molecule has 5 unspecified atom stereocenters. The van der Waals surface area contributed by atoms with Crippen molar-refractivity contribution in [2.24, 2.45) is 0 Å². The van der Waals surface area contributed by atoms with Crippen molar-refractivity contribution in [3.8, 4) is 0 Å². The van der Waals surface area contributed by atoms with E-state index in [0.29, 0.717) is 38.5 Å². The van der Waals surface area contributed by atoms with Gasteiger partial charge in [-0.25, -0.2) is 9.13 Å². The largest absolute Gasteiger partial charge is 0.472 e. The number of ether oxygens (including phenoxy) is 4. The van der Waals surface area contributed by atoms with Gasteiger partial charge in [0.25, 0.3) is 0 Å². The Bertz CT molecular complexity index is 2960. The Morgan fingerprint density at radius 1 is 0.269 bits per heavy atom. The number of carbonyl (C=O) groups excluding carboxylic acids is 4. The fourth-order valence-electron chi connectivity index (χ4n) is 9.30. The Kier molecular flexibility index (Phi) is 73.3. The number of esters is 4. The number of unbranched alkanes of at least 4 members (excludes halogenated alkanes) is 8. The zero-order chi connectivity index (χ0) is 78.9. The number of rotatable bonds is 71. The summed E-state index contributed by atoms with van der Waals surface area (Å²) in [6.45, 7) is 4.10. The van der Waals surface area contributed by atoms with Gasteiger partial charge in [-0.3, -0.25) is 37.3 Å². The van der Waals surface area contributed by atoms with Crippen LogP contribution in [0.1, 0.15) is 246 Å². The number of phosphoric acid groups is 2. The zero-order valence-electron chi connectivity index (χ0n) is 65.9. The van der Waals surface area contributed by atoms with E-state index in [9.17, 15) is 43.2 Å². The van der Waals surface area contributed by atoms with Crippen LogP contribution < -0.4 is 0 Å². The van der Waals surface area contributed by atoms with Crippen LogP contribution in [-0.2, 0) is 65.4 Å². The third-order valence-electron chi connectivity index (χ3n) is 15.2. The number of allylic oxidation sites excluding steroid dienone is 37. The van der Waals surface area contributed by atoms with Crippen LogP contribution in [0, 0.1) is 0 Å². The first-order valence-corrected chi connectivity index (χ1v) is 42.6. The van der Waals surface area contributed by atoms with Crippen LogP contribution in [-0.4, -0.2) is 96.7 Å². The predicted octanol–water partition coefficient (Wildman–Crippen LogP) is 23.4. The Labute approximate surface area is 651 Å². The van der Waals surface area contributed by atoms with Gasteiger partial charge >= 0.3 is 39.5 Å². The number of hydrogen-bond donors (Lipinski definition) is 3. The van der Waals surface area contributed by atoms with E-state index in [0.717, 1.165) is 154 Å². The maximum atomic E-state index is 13.1. The number of aliphatic hydroxyl groups excluding tert-OH is 1. The van der Waals surface area contributed by atoms with Gasteiger partial charge in [-0.15, -0.1) is 0 Å². The van der Waals surface area contributed by atoms with Crippen molar-refractivity contribution >= 4 is 39.5 Å². The molecule has 0 aromatic rings. The Balaban J connectivity index is 5.56. The molecule has 0 spiro atoms. The molecule has 604 valence electrons. The van der Waals surface area contributed by atoms with Crippen LogP contribution in [0.3, 0.4) is 0 Å². The highest BCUT2D eigenvalue weighted by molar-refractivity contribution is 7.47. The van der Waals surface area contributed by atoms with Gasteiger partial charge in [0.15, 0.2) is 12.2 Å². The molecule has 0 saturated heterocycles. The van der Waals surface area contributed by atoms with Gasteiger partial charge in [-0.1, -0.05) is 284 Å². The minimum Gasteiger partial charge on any atom is -0.462 e. The normalized spacial score (nSPS) is 15.1. The summed E-state index contributed by atoms with van der Waals surface area (Å²) in [6.07, 6.45) is 101. The Hall–Kier alpha value is -6.88. The van der Waals surface area contributed by atoms with E-state index in [1.54, 1.807) is 12.2 Å². The highest BCUT2D eigenvalue weighted by Crippen LogP contribution is 2.45. The van der Waals surface area contributed by atoms with Crippen LogP contribution in [0.2, 0.25) is 0 Å². The van der Waals surface area contributed by atoms with E-state index in [4.69, 9.17) is 37.0 Å². The molecular weight excluding hydrogens is 1400 g/mol. The van der Waals surface area contributed by atoms with Crippen LogP contribution in [0.5, 0.6) is 0 Å². The summed E-state index contributed by atoms with van der Waals surface area (Å²) in [6, 6.07) is 0. The molecule has 0 aromatic carbocycles. The van der Waals surface area contributed by atoms with E-state index in [2.05, 4.69) is 210 Å². The first-order valence-electron chi connectivity index (χ1n) is 39.6. The minimum absolute atomic E-state index is 0.0134. The summed E-state index contributed by atoms with van der Waals surface area (Å²) in [5.41, 5.74) is 0. The van der Waals surface area contributed by atoms with Crippen molar-refractivity contribution in [2.45, 2.75) is 264 Å². The molecule has 0 aliphatic rings. The van der Waals surface area contributed by atoms with Crippen molar-refractivity contribution in [2.75, 3.05) is 39.6 Å². The smallest absolute Gasteiger partial charge is 0.462 e. The zero-order valence-corrected chi connectivity index (χ0v) is 67.7. The number of phosphoric ester groups is 2. The van der Waals surface area contributed by atoms with E-state index in [1.807, 2.05) is 36.5 Å². The average Bonchev–Trinajstić information content (AvgIpc) is 0.923. The fraction of sp³-hybridized carbons (Fsp3) is 0.528. The van der Waals surface area contributed by atoms with Gasteiger partial charge in [0.1, 0.15) is 19.3 Å². The molecule has 5 atom stereocenters. The Morgan fingerprint density at radius 2 is 0.509 bits per heavy atom. The summed E-state index contributed by atoms with van der Waals surface area (Å²) in [5.74, 6) is -2.52. The molecule has 0 saturated carbocycles. The van der Waals surface area contributed by atoms with Crippen LogP contribution >= 0.6 is 15.6 Å². The Morgan fingerprint density at radius 3 is 0.852 bits per heavy atom. The third kappa shape index (κ3) is 77.3. The molecule has 0 radical (unpaired) electrons. The van der Waals surface area contributed by atoms with Crippen LogP contribution in [0.4, 0.5) is 0 Å². The van der Waals surface area contributed by atoms with Gasteiger partial charge in [-0.2, -0.15) is 0 Å². The molecule has 3 N–H and O–H groups in total. The lowest BCUT2D eigenvalue weighted by Gasteiger charge is -2.21. The van der Waals surface area contributed by atoms with E-state index in [-0.39, 0.29) is 25.7 Å². The molecule has 0 heterocycles. The second-order valence-electron chi connectivity index (χ2n) is 25.1. The lowest BCUT2D eigenvalue weighted by molar-refractivity contribution is -0.161. The van der Waals surface area contributed by atoms with Crippen molar-refractivity contribution in [3.05, 3.63) is 231 Å². The number of carbonyl (C=O) groups is 4. The summed E-state index contributed by atoms with van der Waals surface area (Å²) in [5, 5.41) is 10.6. The van der Waals surface area contributed by atoms with E-state index >= 15 is 0 Å². The van der Waals surface area contributed by atoms with Crippen molar-refractivity contribution < 1.29 is 80.2 Å². The van der Waals surface area contributed by atoms with Gasteiger partial charge in [0.05, 0.1) is 32.8 Å². The third-order valence-corrected chi connectivity index (χ3v) is 17.1. The highest BCUT2D eigenvalue weighted by Gasteiger charge is 2.30. The summed E-state index contributed by atoms with van der Waals surface area (Å²) in [7, 11) is -10.1. The maximum absolute atomic E-state index is 13.1. The molecular formula is C89H136O17P2. The molecule has 17 nitrogen and oxygen atoms in total. The molecule has 0 aromatic heterocycles. The standard InChI is InChI=1S/C89H136O17P2/c1-5-9-13-17-21-25-29-33-37-39-41-43-47-49-53-57-61-65-69-73-86(91)99-79-84(105-88(93)75-71-67-63-59-55-51-45-35-31-27-23-19-15-11-7-3)81-103-107(95,96)101-77-83(90)78-102-108(97,98)104-82-85(106-89(94)76-72-68-64-60-56-52-46-36-32-28-24-20-16-12-8-4)80-100-87(92)74-70-66-62-58-54-50-48-44-42-40-38-34-30-26-22-18-14-10-6-2/h9-16,21-28,33-38,41-46,49,53,55-56,59-61,65,68,72,83-85,90H,5-8,17-20,29-32,39-40,47-48,50-52,54,57-58,62-64,66-67,69-71,73-82H2,1-4H3,(H,95,96)(H,97,98)/b13-9-,14-10-,15-11-,16-12-,25-21-,26-22-,27-23-,28-24-,37-33-,38-34-,43-41-,44-42-,45-35-,46-36-,53-49-,59-55-,60-56-,65-61-,72-68-. The maximum Gasteiger partial charge on any atom is 0.472 e.